The van der Waals surface area contributed by atoms with Crippen LogP contribution in [-0.4, -0.2) is 17.9 Å². The van der Waals surface area contributed by atoms with E-state index in [0.29, 0.717) is 12.1 Å². The van der Waals surface area contributed by atoms with Crippen LogP contribution < -0.4 is 10.6 Å². The summed E-state index contributed by atoms with van der Waals surface area (Å²) in [5.74, 6) is -0.0733. The fourth-order valence-corrected chi connectivity index (χ4v) is 2.72. The van der Waals surface area contributed by atoms with E-state index in [2.05, 4.69) is 41.8 Å². The van der Waals surface area contributed by atoms with Gasteiger partial charge in [-0.05, 0) is 24.3 Å². The van der Waals surface area contributed by atoms with Gasteiger partial charge in [-0.15, -0.1) is 11.3 Å². The fourth-order valence-electron chi connectivity index (χ4n) is 1.81. The lowest BCUT2D eigenvalue weighted by Gasteiger charge is -2.13. The van der Waals surface area contributed by atoms with Crippen LogP contribution in [0.4, 0.5) is 5.69 Å². The summed E-state index contributed by atoms with van der Waals surface area (Å²) in [5, 5.41) is 9.17. The number of carbonyl (C=O) groups excluding carboxylic acids is 1. The molecule has 0 aliphatic rings. The monoisotopic (exact) mass is 303 g/mol. The highest BCUT2D eigenvalue weighted by atomic mass is 32.1. The van der Waals surface area contributed by atoms with E-state index in [1.54, 1.807) is 18.4 Å². The maximum absolute atomic E-state index is 11.5. The first-order chi connectivity index (χ1) is 9.90. The molecule has 1 aromatic carbocycles. The quantitative estimate of drug-likeness (QED) is 0.910. The second-order valence-electron chi connectivity index (χ2n) is 5.90. The number of anilines is 1. The van der Waals surface area contributed by atoms with Crippen molar-refractivity contribution in [3.8, 4) is 0 Å². The Morgan fingerprint density at radius 2 is 1.90 bits per heavy atom. The number of aromatic nitrogens is 1. The lowest BCUT2D eigenvalue weighted by Crippen LogP contribution is -2.17. The van der Waals surface area contributed by atoms with Gasteiger partial charge in [0.25, 0.3) is 5.91 Å². The Hall–Kier alpha value is -1.88. The number of carbonyl (C=O) groups is 1. The molecule has 0 unspecified atom stereocenters. The molecule has 2 aromatic rings. The Labute approximate surface area is 129 Å². The Morgan fingerprint density at radius 3 is 2.43 bits per heavy atom. The van der Waals surface area contributed by atoms with Crippen LogP contribution in [0.25, 0.3) is 0 Å². The standard InChI is InChI=1S/C16H21N3OS/c1-16(2,3)15-19-13(10-21-15)9-18-12-7-5-11(6-8-12)14(20)17-4/h5-8,10,18H,9H2,1-4H3,(H,17,20). The third-order valence-electron chi connectivity index (χ3n) is 3.04. The van der Waals surface area contributed by atoms with Gasteiger partial charge in [0.15, 0.2) is 0 Å². The molecule has 0 radical (unpaired) electrons. The van der Waals surface area contributed by atoms with Crippen LogP contribution in [0.1, 0.15) is 41.8 Å². The molecule has 4 nitrogen and oxygen atoms in total. The van der Waals surface area contributed by atoms with Gasteiger partial charge in [0, 0.05) is 29.1 Å². The lowest BCUT2D eigenvalue weighted by atomic mass is 9.98. The van der Waals surface area contributed by atoms with Gasteiger partial charge >= 0.3 is 0 Å². The van der Waals surface area contributed by atoms with E-state index in [0.717, 1.165) is 16.4 Å². The highest BCUT2D eigenvalue weighted by Gasteiger charge is 2.17. The van der Waals surface area contributed by atoms with Crippen molar-refractivity contribution in [1.82, 2.24) is 10.3 Å². The second-order valence-corrected chi connectivity index (χ2v) is 6.76. The first-order valence-electron chi connectivity index (χ1n) is 6.91. The Kier molecular flexibility index (Phi) is 4.63. The van der Waals surface area contributed by atoms with E-state index in [-0.39, 0.29) is 11.3 Å². The number of hydrogen-bond donors (Lipinski definition) is 2. The molecule has 0 saturated carbocycles. The Morgan fingerprint density at radius 1 is 1.24 bits per heavy atom. The van der Waals surface area contributed by atoms with Crippen molar-refractivity contribution in [3.63, 3.8) is 0 Å². The predicted octanol–water partition coefficient (Wildman–Crippen LogP) is 3.41. The highest BCUT2D eigenvalue weighted by Crippen LogP contribution is 2.25. The van der Waals surface area contributed by atoms with Crippen molar-refractivity contribution in [2.75, 3.05) is 12.4 Å². The van der Waals surface area contributed by atoms with Crippen LogP contribution in [0.2, 0.25) is 0 Å². The van der Waals surface area contributed by atoms with Crippen LogP contribution in [0, 0.1) is 0 Å². The molecule has 1 aromatic heterocycles. The number of amides is 1. The maximum Gasteiger partial charge on any atom is 0.251 e. The maximum atomic E-state index is 11.5. The van der Waals surface area contributed by atoms with E-state index in [1.807, 2.05) is 24.3 Å². The van der Waals surface area contributed by atoms with E-state index < -0.39 is 0 Å². The number of benzene rings is 1. The molecule has 2 N–H and O–H groups in total. The van der Waals surface area contributed by atoms with Crippen LogP contribution in [-0.2, 0) is 12.0 Å². The summed E-state index contributed by atoms with van der Waals surface area (Å²) < 4.78 is 0. The first-order valence-corrected chi connectivity index (χ1v) is 7.79. The highest BCUT2D eigenvalue weighted by molar-refractivity contribution is 7.09. The van der Waals surface area contributed by atoms with Gasteiger partial charge in [0.1, 0.15) is 0 Å². The van der Waals surface area contributed by atoms with E-state index >= 15 is 0 Å². The van der Waals surface area contributed by atoms with Crippen molar-refractivity contribution >= 4 is 22.9 Å². The smallest absolute Gasteiger partial charge is 0.251 e. The van der Waals surface area contributed by atoms with E-state index in [4.69, 9.17) is 0 Å². The number of nitrogens with one attached hydrogen (secondary N) is 2. The first kappa shape index (κ1) is 15.5. The van der Waals surface area contributed by atoms with Crippen molar-refractivity contribution in [3.05, 3.63) is 45.9 Å². The zero-order valence-electron chi connectivity index (χ0n) is 12.9. The SMILES string of the molecule is CNC(=O)c1ccc(NCc2csc(C(C)(C)C)n2)cc1. The van der Waals surface area contributed by atoms with Gasteiger partial charge in [0.05, 0.1) is 17.2 Å². The van der Waals surface area contributed by atoms with Crippen molar-refractivity contribution in [1.29, 1.82) is 0 Å². The molecule has 0 aliphatic carbocycles. The molecule has 0 spiro atoms. The summed E-state index contributed by atoms with van der Waals surface area (Å²) in [7, 11) is 1.63. The average Bonchev–Trinajstić information content (AvgIpc) is 2.94. The van der Waals surface area contributed by atoms with E-state index in [1.165, 1.54) is 0 Å². The van der Waals surface area contributed by atoms with Crippen molar-refractivity contribution in [2.24, 2.45) is 0 Å². The molecule has 5 heteroatoms. The third kappa shape index (κ3) is 4.04. The zero-order chi connectivity index (χ0) is 15.5. The molecule has 21 heavy (non-hydrogen) atoms. The molecule has 112 valence electrons. The van der Waals surface area contributed by atoms with Gasteiger partial charge in [-0.2, -0.15) is 0 Å². The molecule has 0 saturated heterocycles. The minimum atomic E-state index is -0.0733. The van der Waals surface area contributed by atoms with Gasteiger partial charge in [0.2, 0.25) is 0 Å². The normalized spacial score (nSPS) is 11.2. The number of nitrogens with zero attached hydrogens (tertiary/aromatic N) is 1. The summed E-state index contributed by atoms with van der Waals surface area (Å²) in [6.45, 7) is 7.19. The molecule has 0 atom stereocenters. The number of rotatable bonds is 4. The van der Waals surface area contributed by atoms with Gasteiger partial charge < -0.3 is 10.6 Å². The molecule has 1 amide bonds. The number of hydrogen-bond acceptors (Lipinski definition) is 4. The van der Waals surface area contributed by atoms with Crippen molar-refractivity contribution in [2.45, 2.75) is 32.7 Å². The fraction of sp³-hybridized carbons (Fsp3) is 0.375. The lowest BCUT2D eigenvalue weighted by molar-refractivity contribution is 0.0963. The Bertz CT molecular complexity index is 611. The van der Waals surface area contributed by atoms with Crippen LogP contribution in [0.5, 0.6) is 0 Å². The summed E-state index contributed by atoms with van der Waals surface area (Å²) >= 11 is 1.70. The molecular formula is C16H21N3OS. The predicted molar refractivity (Wildman–Crippen MR) is 88.0 cm³/mol. The average molecular weight is 303 g/mol. The van der Waals surface area contributed by atoms with Crippen LogP contribution in [0.15, 0.2) is 29.6 Å². The molecule has 0 aliphatic heterocycles. The molecule has 2 rings (SSSR count). The van der Waals surface area contributed by atoms with E-state index in [9.17, 15) is 4.79 Å². The third-order valence-corrected chi connectivity index (χ3v) is 4.36. The topological polar surface area (TPSA) is 54.0 Å². The van der Waals surface area contributed by atoms with Crippen molar-refractivity contribution < 1.29 is 4.79 Å². The second kappa shape index (κ2) is 6.26. The largest absolute Gasteiger partial charge is 0.379 e. The summed E-state index contributed by atoms with van der Waals surface area (Å²) in [6, 6.07) is 7.43. The minimum absolute atomic E-state index is 0.0733. The van der Waals surface area contributed by atoms with Crippen LogP contribution >= 0.6 is 11.3 Å². The Balaban J connectivity index is 1.97. The molecule has 1 heterocycles. The zero-order valence-corrected chi connectivity index (χ0v) is 13.7. The van der Waals surface area contributed by atoms with Crippen LogP contribution in [0.3, 0.4) is 0 Å². The minimum Gasteiger partial charge on any atom is -0.379 e. The number of thiazole rings is 1. The van der Waals surface area contributed by atoms with Gasteiger partial charge in [-0.3, -0.25) is 4.79 Å². The molecule has 0 fully saturated rings. The summed E-state index contributed by atoms with van der Waals surface area (Å²) in [4.78, 5) is 16.1. The molecule has 0 bridgehead atoms. The molecular weight excluding hydrogens is 282 g/mol. The van der Waals surface area contributed by atoms with Gasteiger partial charge in [-0.25, -0.2) is 4.98 Å². The summed E-state index contributed by atoms with van der Waals surface area (Å²) in [6.07, 6.45) is 0. The summed E-state index contributed by atoms with van der Waals surface area (Å²) in [5.41, 5.74) is 2.78. The van der Waals surface area contributed by atoms with Gasteiger partial charge in [-0.1, -0.05) is 20.8 Å².